The number of rotatable bonds is 2. The Bertz CT molecular complexity index is 1240. The Morgan fingerprint density at radius 2 is 0.923 bits per heavy atom. The van der Waals surface area contributed by atoms with Gasteiger partial charge in [-0.3, -0.25) is 0 Å². The van der Waals surface area contributed by atoms with Gasteiger partial charge in [0.15, 0.2) is 0 Å². The lowest BCUT2D eigenvalue weighted by Gasteiger charge is -2.12. The zero-order chi connectivity index (χ0) is 17.5. The maximum atomic E-state index is 3.84. The quantitative estimate of drug-likeness (QED) is 0.295. The molecule has 0 fully saturated rings. The molecule has 122 valence electrons. The van der Waals surface area contributed by atoms with Gasteiger partial charge in [-0.15, -0.1) is 0 Å². The van der Waals surface area contributed by atoms with Gasteiger partial charge in [0.05, 0.1) is 0 Å². The molecule has 5 rings (SSSR count). The van der Waals surface area contributed by atoms with Crippen molar-refractivity contribution in [3.05, 3.63) is 103 Å². The van der Waals surface area contributed by atoms with Gasteiger partial charge in [0.2, 0.25) is 0 Å². The van der Waals surface area contributed by atoms with Crippen LogP contribution in [0.3, 0.4) is 0 Å². The van der Waals surface area contributed by atoms with Crippen LogP contribution in [-0.4, -0.2) is 0 Å². The van der Waals surface area contributed by atoms with Crippen LogP contribution in [0.25, 0.3) is 49.5 Å². The Labute approximate surface area is 153 Å². The van der Waals surface area contributed by atoms with Gasteiger partial charge in [-0.25, -0.2) is 0 Å². The van der Waals surface area contributed by atoms with Gasteiger partial charge in [-0.2, -0.15) is 0 Å². The summed E-state index contributed by atoms with van der Waals surface area (Å²) in [7, 11) is 0. The molecule has 5 aromatic carbocycles. The monoisotopic (exact) mass is 330 g/mol. The molecular weight excluding hydrogens is 312 g/mol. The average molecular weight is 330 g/mol. The minimum Gasteiger partial charge on any atom is -0.0985 e. The molecule has 0 amide bonds. The fourth-order valence-electron chi connectivity index (χ4n) is 3.90. The fraction of sp³-hybridized carbons (Fsp3) is 0. The molecule has 5 aromatic rings. The fourth-order valence-corrected chi connectivity index (χ4v) is 3.90. The van der Waals surface area contributed by atoms with E-state index in [1.807, 2.05) is 6.08 Å². The van der Waals surface area contributed by atoms with E-state index in [-0.39, 0.29) is 0 Å². The third-order valence-corrected chi connectivity index (χ3v) is 5.22. The first kappa shape index (κ1) is 14.9. The molecule has 0 aliphatic heterocycles. The second kappa shape index (κ2) is 5.86. The molecule has 26 heavy (non-hydrogen) atoms. The van der Waals surface area contributed by atoms with Gasteiger partial charge in [-0.1, -0.05) is 97.6 Å². The molecule has 0 N–H and O–H groups in total. The molecule has 0 aromatic heterocycles. The lowest BCUT2D eigenvalue weighted by atomic mass is 9.92. The predicted molar refractivity (Wildman–Crippen MR) is 114 cm³/mol. The van der Waals surface area contributed by atoms with E-state index in [0.717, 1.165) is 5.56 Å². The largest absolute Gasteiger partial charge is 0.0985 e. The standard InChI is InChI=1S/C26H18/c1-2-18-11-13-19(14-12-18)20-15-16-25-23-9-4-3-7-21(23)22-8-5-6-10-24(22)26(25)17-20/h2-17H,1H2. The molecule has 0 unspecified atom stereocenters. The number of hydrogen-bond acceptors (Lipinski definition) is 0. The summed E-state index contributed by atoms with van der Waals surface area (Å²) in [5.41, 5.74) is 3.62. The maximum absolute atomic E-state index is 3.84. The second-order valence-electron chi connectivity index (χ2n) is 6.68. The van der Waals surface area contributed by atoms with Crippen LogP contribution in [0.15, 0.2) is 97.6 Å². The van der Waals surface area contributed by atoms with E-state index < -0.39 is 0 Å². The lowest BCUT2D eigenvalue weighted by Crippen LogP contribution is -1.85. The molecule has 0 nitrogen and oxygen atoms in total. The molecule has 0 aliphatic carbocycles. The Balaban J connectivity index is 1.86. The summed E-state index contributed by atoms with van der Waals surface area (Å²) in [4.78, 5) is 0. The highest BCUT2D eigenvalue weighted by molar-refractivity contribution is 6.25. The lowest BCUT2D eigenvalue weighted by molar-refractivity contribution is 1.62. The summed E-state index contributed by atoms with van der Waals surface area (Å²) in [5, 5.41) is 7.88. The zero-order valence-corrected chi connectivity index (χ0v) is 14.4. The smallest absolute Gasteiger partial charge is 0.00928 e. The normalized spacial score (nSPS) is 11.2. The molecule has 0 saturated heterocycles. The van der Waals surface area contributed by atoms with E-state index in [0.29, 0.717) is 0 Å². The minimum atomic E-state index is 1.14. The first-order valence-corrected chi connectivity index (χ1v) is 8.91. The predicted octanol–water partition coefficient (Wildman–Crippen LogP) is 7.46. The molecule has 0 spiro atoms. The minimum absolute atomic E-state index is 1.14. The molecule has 0 radical (unpaired) electrons. The van der Waals surface area contributed by atoms with Gasteiger partial charge in [0.1, 0.15) is 0 Å². The van der Waals surface area contributed by atoms with E-state index in [2.05, 4.69) is 97.6 Å². The van der Waals surface area contributed by atoms with E-state index in [1.165, 1.54) is 43.4 Å². The van der Waals surface area contributed by atoms with Gasteiger partial charge in [0, 0.05) is 0 Å². The van der Waals surface area contributed by atoms with Gasteiger partial charge in [-0.05, 0) is 55.1 Å². The summed E-state index contributed by atoms with van der Waals surface area (Å²) in [6.45, 7) is 3.84. The Hall–Kier alpha value is -3.38. The van der Waals surface area contributed by atoms with E-state index >= 15 is 0 Å². The highest BCUT2D eigenvalue weighted by atomic mass is 14.1. The Morgan fingerprint density at radius 3 is 1.46 bits per heavy atom. The van der Waals surface area contributed by atoms with Crippen molar-refractivity contribution < 1.29 is 0 Å². The molecular formula is C26H18. The van der Waals surface area contributed by atoms with Crippen molar-refractivity contribution in [1.82, 2.24) is 0 Å². The summed E-state index contributed by atoms with van der Waals surface area (Å²) >= 11 is 0. The van der Waals surface area contributed by atoms with Crippen LogP contribution in [0.5, 0.6) is 0 Å². The summed E-state index contributed by atoms with van der Waals surface area (Å²) in [5.74, 6) is 0. The van der Waals surface area contributed by atoms with Crippen molar-refractivity contribution in [2.24, 2.45) is 0 Å². The van der Waals surface area contributed by atoms with Crippen molar-refractivity contribution in [3.8, 4) is 11.1 Å². The molecule has 0 heterocycles. The van der Waals surface area contributed by atoms with Crippen LogP contribution in [0, 0.1) is 0 Å². The summed E-state index contributed by atoms with van der Waals surface area (Å²) < 4.78 is 0. The van der Waals surface area contributed by atoms with Crippen LogP contribution in [0.1, 0.15) is 5.56 Å². The number of benzene rings is 5. The highest BCUT2D eigenvalue weighted by Crippen LogP contribution is 2.36. The Kier molecular flexibility index (Phi) is 3.36. The number of hydrogen-bond donors (Lipinski definition) is 0. The van der Waals surface area contributed by atoms with Crippen LogP contribution in [0.4, 0.5) is 0 Å². The summed E-state index contributed by atoms with van der Waals surface area (Å²) in [6.07, 6.45) is 1.88. The molecule has 0 bridgehead atoms. The van der Waals surface area contributed by atoms with Gasteiger partial charge >= 0.3 is 0 Å². The van der Waals surface area contributed by atoms with Gasteiger partial charge < -0.3 is 0 Å². The average Bonchev–Trinajstić information content (AvgIpc) is 2.74. The van der Waals surface area contributed by atoms with Crippen molar-refractivity contribution in [1.29, 1.82) is 0 Å². The summed E-state index contributed by atoms with van der Waals surface area (Å²) in [6, 6.07) is 32.8. The van der Waals surface area contributed by atoms with E-state index in [4.69, 9.17) is 0 Å². The van der Waals surface area contributed by atoms with Crippen LogP contribution in [0.2, 0.25) is 0 Å². The zero-order valence-electron chi connectivity index (χ0n) is 14.4. The van der Waals surface area contributed by atoms with E-state index in [1.54, 1.807) is 0 Å². The van der Waals surface area contributed by atoms with Crippen molar-refractivity contribution in [2.75, 3.05) is 0 Å². The topological polar surface area (TPSA) is 0 Å². The third kappa shape index (κ3) is 2.23. The van der Waals surface area contributed by atoms with E-state index in [9.17, 15) is 0 Å². The van der Waals surface area contributed by atoms with Crippen molar-refractivity contribution in [3.63, 3.8) is 0 Å². The van der Waals surface area contributed by atoms with Crippen LogP contribution in [-0.2, 0) is 0 Å². The highest BCUT2D eigenvalue weighted by Gasteiger charge is 2.09. The van der Waals surface area contributed by atoms with Crippen molar-refractivity contribution in [2.45, 2.75) is 0 Å². The SMILES string of the molecule is C=Cc1ccc(-c2ccc3c4ccccc4c4ccccc4c3c2)cc1. The van der Waals surface area contributed by atoms with Gasteiger partial charge in [0.25, 0.3) is 0 Å². The molecule has 0 atom stereocenters. The molecule has 0 heteroatoms. The van der Waals surface area contributed by atoms with Crippen LogP contribution >= 0.6 is 0 Å². The second-order valence-corrected chi connectivity index (χ2v) is 6.68. The Morgan fingerprint density at radius 1 is 0.462 bits per heavy atom. The third-order valence-electron chi connectivity index (χ3n) is 5.22. The first-order chi connectivity index (χ1) is 12.8. The molecule has 0 saturated carbocycles. The first-order valence-electron chi connectivity index (χ1n) is 8.91. The number of fused-ring (bicyclic) bond motifs is 6. The van der Waals surface area contributed by atoms with Crippen molar-refractivity contribution >= 4 is 38.4 Å². The van der Waals surface area contributed by atoms with Crippen LogP contribution < -0.4 is 0 Å². The maximum Gasteiger partial charge on any atom is -0.00928 e. The molecule has 0 aliphatic rings.